The fourth-order valence-electron chi connectivity index (χ4n) is 9.41. The second-order valence-corrected chi connectivity index (χ2v) is 16.7. The highest BCUT2D eigenvalue weighted by Gasteiger charge is 2.23. The van der Waals surface area contributed by atoms with Gasteiger partial charge in [-0.05, 0) is 92.3 Å². The lowest BCUT2D eigenvalue weighted by molar-refractivity contribution is 1.19. The molecule has 0 bridgehead atoms. The highest BCUT2D eigenvalue weighted by atomic mass is 32.1. The average molecular weight is 795 g/mol. The molecular weight excluding hydrogens is 757 g/mol. The number of anilines is 3. The van der Waals surface area contributed by atoms with Crippen molar-refractivity contribution in [1.82, 2.24) is 4.57 Å². The van der Waals surface area contributed by atoms with Crippen LogP contribution in [-0.4, -0.2) is 4.57 Å². The first-order chi connectivity index (χ1) is 30.3. The first-order valence-electron chi connectivity index (χ1n) is 20.8. The average Bonchev–Trinajstić information content (AvgIpc) is 3.87. The molecule has 0 aliphatic carbocycles. The van der Waals surface area contributed by atoms with Crippen LogP contribution in [0.25, 0.3) is 91.8 Å². The van der Waals surface area contributed by atoms with Gasteiger partial charge in [0, 0.05) is 43.7 Å². The molecule has 2 heterocycles. The molecule has 61 heavy (non-hydrogen) atoms. The zero-order valence-electron chi connectivity index (χ0n) is 33.2. The summed E-state index contributed by atoms with van der Waals surface area (Å²) in [6.45, 7) is 0. The van der Waals surface area contributed by atoms with Crippen molar-refractivity contribution < 1.29 is 0 Å². The van der Waals surface area contributed by atoms with Crippen molar-refractivity contribution in [2.75, 3.05) is 4.90 Å². The predicted molar refractivity (Wildman–Crippen MR) is 262 cm³/mol. The first-order valence-corrected chi connectivity index (χ1v) is 21.7. The summed E-state index contributed by atoms with van der Waals surface area (Å²) in [5.74, 6) is 0. The van der Waals surface area contributed by atoms with Gasteiger partial charge in [0.25, 0.3) is 0 Å². The number of rotatable bonds is 7. The van der Waals surface area contributed by atoms with Gasteiger partial charge in [-0.1, -0.05) is 182 Å². The van der Waals surface area contributed by atoms with Gasteiger partial charge in [-0.2, -0.15) is 0 Å². The van der Waals surface area contributed by atoms with E-state index in [1.165, 1.54) is 91.8 Å². The minimum absolute atomic E-state index is 1.10. The van der Waals surface area contributed by atoms with Gasteiger partial charge in [0.1, 0.15) is 0 Å². The van der Waals surface area contributed by atoms with Crippen LogP contribution in [0.5, 0.6) is 0 Å². The van der Waals surface area contributed by atoms with E-state index in [2.05, 4.69) is 240 Å². The topological polar surface area (TPSA) is 8.17 Å². The van der Waals surface area contributed by atoms with E-state index in [-0.39, 0.29) is 0 Å². The number of para-hydroxylation sites is 3. The Bertz CT molecular complexity index is 3440. The molecule has 12 rings (SSSR count). The molecular formula is C58H38N2S. The maximum atomic E-state index is 2.44. The van der Waals surface area contributed by atoms with Crippen LogP contribution in [-0.2, 0) is 0 Å². The summed E-state index contributed by atoms with van der Waals surface area (Å²) in [7, 11) is 0. The van der Waals surface area contributed by atoms with Gasteiger partial charge in [-0.3, -0.25) is 0 Å². The molecule has 286 valence electrons. The van der Waals surface area contributed by atoms with Crippen LogP contribution >= 0.6 is 11.3 Å². The van der Waals surface area contributed by atoms with Crippen molar-refractivity contribution in [3.05, 3.63) is 231 Å². The van der Waals surface area contributed by atoms with Crippen molar-refractivity contribution in [3.63, 3.8) is 0 Å². The van der Waals surface area contributed by atoms with Gasteiger partial charge in [0.15, 0.2) is 0 Å². The number of hydrogen-bond donors (Lipinski definition) is 0. The van der Waals surface area contributed by atoms with E-state index in [4.69, 9.17) is 0 Å². The first kappa shape index (κ1) is 35.2. The van der Waals surface area contributed by atoms with E-state index in [9.17, 15) is 0 Å². The van der Waals surface area contributed by atoms with Crippen molar-refractivity contribution >= 4 is 81.1 Å². The molecule has 0 saturated heterocycles. The lowest BCUT2D eigenvalue weighted by atomic mass is 9.96. The molecule has 2 nitrogen and oxygen atoms in total. The fourth-order valence-corrected chi connectivity index (χ4v) is 10.8. The van der Waals surface area contributed by atoms with Crippen molar-refractivity contribution in [2.24, 2.45) is 0 Å². The van der Waals surface area contributed by atoms with Gasteiger partial charge in [-0.15, -0.1) is 11.3 Å². The molecule has 2 aromatic heterocycles. The van der Waals surface area contributed by atoms with E-state index in [0.717, 1.165) is 17.1 Å². The summed E-state index contributed by atoms with van der Waals surface area (Å²) in [4.78, 5) is 2.43. The maximum absolute atomic E-state index is 2.44. The Labute approximate surface area is 358 Å². The maximum Gasteiger partial charge on any atom is 0.0727 e. The number of fused-ring (bicyclic) bond motifs is 7. The molecule has 0 saturated carbocycles. The summed E-state index contributed by atoms with van der Waals surface area (Å²) in [5, 5.41) is 7.55. The van der Waals surface area contributed by atoms with Crippen LogP contribution in [0, 0.1) is 0 Å². The smallest absolute Gasteiger partial charge is 0.0727 e. The van der Waals surface area contributed by atoms with E-state index in [1.807, 2.05) is 11.3 Å². The fraction of sp³-hybridized carbons (Fsp3) is 0. The minimum Gasteiger partial charge on any atom is -0.310 e. The van der Waals surface area contributed by atoms with E-state index in [0.29, 0.717) is 0 Å². The number of hydrogen-bond acceptors (Lipinski definition) is 2. The lowest BCUT2D eigenvalue weighted by Gasteiger charge is -2.28. The second kappa shape index (κ2) is 14.5. The Balaban J connectivity index is 1.05. The normalized spacial score (nSPS) is 11.6. The Kier molecular flexibility index (Phi) is 8.39. The molecule has 0 unspecified atom stereocenters. The minimum atomic E-state index is 1.10. The van der Waals surface area contributed by atoms with Crippen LogP contribution in [0.4, 0.5) is 17.1 Å². The SMILES string of the molecule is c1ccc(-n2c3ccccc3c3sc4c(-c5ccccc5N(c5ccc(-c6cccc7ccccc67)cc5)c5ccc(-c6cccc7ccccc67)cc5)cccc4c32)cc1. The third-order valence-electron chi connectivity index (χ3n) is 12.2. The summed E-state index contributed by atoms with van der Waals surface area (Å²) in [6, 6.07) is 84.0. The molecule has 3 heteroatoms. The third kappa shape index (κ3) is 5.85. The van der Waals surface area contributed by atoms with E-state index >= 15 is 0 Å². The van der Waals surface area contributed by atoms with Gasteiger partial charge in [0.05, 0.1) is 21.4 Å². The number of aromatic nitrogens is 1. The van der Waals surface area contributed by atoms with Crippen molar-refractivity contribution in [2.45, 2.75) is 0 Å². The molecule has 0 spiro atoms. The Morgan fingerprint density at radius 1 is 0.328 bits per heavy atom. The summed E-state index contributed by atoms with van der Waals surface area (Å²) in [5.41, 5.74) is 14.3. The van der Waals surface area contributed by atoms with Gasteiger partial charge >= 0.3 is 0 Å². The van der Waals surface area contributed by atoms with Crippen molar-refractivity contribution in [1.29, 1.82) is 0 Å². The zero-order valence-corrected chi connectivity index (χ0v) is 34.1. The third-order valence-corrected chi connectivity index (χ3v) is 13.5. The Morgan fingerprint density at radius 2 is 0.803 bits per heavy atom. The molecule has 0 aliphatic heterocycles. The lowest BCUT2D eigenvalue weighted by Crippen LogP contribution is -2.11. The van der Waals surface area contributed by atoms with Crippen LogP contribution in [0.15, 0.2) is 231 Å². The molecule has 0 atom stereocenters. The van der Waals surface area contributed by atoms with Crippen LogP contribution < -0.4 is 4.90 Å². The monoisotopic (exact) mass is 794 g/mol. The highest BCUT2D eigenvalue weighted by Crippen LogP contribution is 2.49. The quantitative estimate of drug-likeness (QED) is 0.156. The predicted octanol–water partition coefficient (Wildman–Crippen LogP) is 16.8. The molecule has 0 amide bonds. The molecule has 12 aromatic rings. The van der Waals surface area contributed by atoms with E-state index in [1.54, 1.807) is 0 Å². The van der Waals surface area contributed by atoms with Crippen LogP contribution in [0.3, 0.4) is 0 Å². The van der Waals surface area contributed by atoms with Gasteiger partial charge in [0.2, 0.25) is 0 Å². The van der Waals surface area contributed by atoms with Crippen LogP contribution in [0.2, 0.25) is 0 Å². The zero-order chi connectivity index (χ0) is 40.3. The Morgan fingerprint density at radius 3 is 1.46 bits per heavy atom. The molecule has 10 aromatic carbocycles. The number of benzene rings is 10. The van der Waals surface area contributed by atoms with Gasteiger partial charge < -0.3 is 9.47 Å². The standard InChI is InChI=1S/C58H38N2S/c1-2-19-43(20-3-1)60-55-30-11-9-24-52(55)58-56(60)53-28-14-27-51(57(53)61-58)50-23-8-10-29-54(50)59(44-35-31-41(32-36-44)48-25-12-17-39-15-4-6-21-46(39)48)45-37-33-42(34-38-45)49-26-13-18-40-16-5-7-22-47(40)49/h1-38H. The van der Waals surface area contributed by atoms with Gasteiger partial charge in [-0.25, -0.2) is 0 Å². The van der Waals surface area contributed by atoms with E-state index < -0.39 is 0 Å². The number of nitrogens with zero attached hydrogens (tertiary/aromatic N) is 2. The molecule has 0 N–H and O–H groups in total. The largest absolute Gasteiger partial charge is 0.310 e. The number of thiophene rings is 1. The molecule has 0 fully saturated rings. The summed E-state index contributed by atoms with van der Waals surface area (Å²) < 4.78 is 5.04. The Hall–Kier alpha value is -7.72. The van der Waals surface area contributed by atoms with Crippen molar-refractivity contribution in [3.8, 4) is 39.1 Å². The second-order valence-electron chi connectivity index (χ2n) is 15.6. The summed E-state index contributed by atoms with van der Waals surface area (Å²) >= 11 is 1.90. The summed E-state index contributed by atoms with van der Waals surface area (Å²) in [6.07, 6.45) is 0. The molecule has 0 aliphatic rings. The molecule has 0 radical (unpaired) electrons. The van der Waals surface area contributed by atoms with Crippen LogP contribution in [0.1, 0.15) is 0 Å². The highest BCUT2D eigenvalue weighted by molar-refractivity contribution is 7.27.